The standard InChI is InChI=1S/C22H22N2O6S2/c25-18(26)10-23-20(28)17(32-21(23)31)5-14-4-15(6-16(19(14)27)24(29)30)22-7-11-1-12(8-22)3-13(2-11)9-22/h4-6,11-13,27H,1-3,7-10H2,(H,25,26). The second-order valence-electron chi connectivity index (χ2n) is 9.55. The van der Waals surface area contributed by atoms with E-state index >= 15 is 0 Å². The molecular weight excluding hydrogens is 452 g/mol. The van der Waals surface area contributed by atoms with Crippen LogP contribution in [0.25, 0.3) is 6.08 Å². The molecule has 0 spiro atoms. The Kier molecular flexibility index (Phi) is 5.05. The first-order valence-electron chi connectivity index (χ1n) is 10.6. The fraction of sp³-hybridized carbons (Fsp3) is 0.500. The minimum Gasteiger partial charge on any atom is -0.502 e. The molecule has 168 valence electrons. The Balaban J connectivity index is 1.57. The highest BCUT2D eigenvalue weighted by atomic mass is 32.2. The highest BCUT2D eigenvalue weighted by Crippen LogP contribution is 2.61. The number of thiocarbonyl (C=S) groups is 1. The number of carboxylic acid groups (broad SMARTS) is 1. The zero-order chi connectivity index (χ0) is 22.8. The molecule has 1 amide bonds. The average molecular weight is 475 g/mol. The Morgan fingerprint density at radius 3 is 2.38 bits per heavy atom. The van der Waals surface area contributed by atoms with Crippen molar-refractivity contribution in [3.8, 4) is 5.75 Å². The Morgan fingerprint density at radius 2 is 1.84 bits per heavy atom. The highest BCUT2D eigenvalue weighted by molar-refractivity contribution is 8.26. The predicted octanol–water partition coefficient (Wildman–Crippen LogP) is 4.05. The minimum absolute atomic E-state index is 0.106. The number of phenolic OH excluding ortho intramolecular Hbond substituents is 1. The van der Waals surface area contributed by atoms with Crippen molar-refractivity contribution in [1.29, 1.82) is 0 Å². The third-order valence-corrected chi connectivity index (χ3v) is 8.80. The number of nitro benzene ring substituents is 1. The topological polar surface area (TPSA) is 121 Å². The van der Waals surface area contributed by atoms with Gasteiger partial charge in [0.15, 0.2) is 0 Å². The number of aliphatic carboxylic acids is 1. The van der Waals surface area contributed by atoms with Crippen LogP contribution in [-0.2, 0) is 15.0 Å². The van der Waals surface area contributed by atoms with E-state index in [0.29, 0.717) is 17.8 Å². The van der Waals surface area contributed by atoms with E-state index in [0.717, 1.165) is 41.5 Å². The summed E-state index contributed by atoms with van der Waals surface area (Å²) in [5.41, 5.74) is 0.553. The van der Waals surface area contributed by atoms with Crippen molar-refractivity contribution in [3.05, 3.63) is 38.3 Å². The van der Waals surface area contributed by atoms with E-state index in [4.69, 9.17) is 17.3 Å². The molecule has 1 saturated heterocycles. The molecule has 6 rings (SSSR count). The van der Waals surface area contributed by atoms with E-state index in [9.17, 15) is 24.8 Å². The smallest absolute Gasteiger partial charge is 0.323 e. The first kappa shape index (κ1) is 21.4. The number of carbonyl (C=O) groups excluding carboxylic acids is 1. The minimum atomic E-state index is -1.19. The highest BCUT2D eigenvalue weighted by Gasteiger charge is 2.52. The molecule has 4 bridgehead atoms. The number of carboxylic acids is 1. The number of rotatable bonds is 5. The lowest BCUT2D eigenvalue weighted by Crippen LogP contribution is -2.48. The van der Waals surface area contributed by atoms with Gasteiger partial charge < -0.3 is 10.2 Å². The van der Waals surface area contributed by atoms with Gasteiger partial charge in [-0.2, -0.15) is 0 Å². The summed E-state index contributed by atoms with van der Waals surface area (Å²) in [7, 11) is 0. The molecule has 1 heterocycles. The molecule has 8 nitrogen and oxygen atoms in total. The lowest BCUT2D eigenvalue weighted by atomic mass is 9.48. The van der Waals surface area contributed by atoms with E-state index in [1.807, 2.05) is 0 Å². The summed E-state index contributed by atoms with van der Waals surface area (Å²) >= 11 is 6.06. The Labute approximate surface area is 193 Å². The van der Waals surface area contributed by atoms with Crippen LogP contribution in [-0.4, -0.2) is 42.8 Å². The Bertz CT molecular complexity index is 1060. The summed E-state index contributed by atoms with van der Waals surface area (Å²) in [5.74, 6) is -0.332. The van der Waals surface area contributed by atoms with Gasteiger partial charge in [0.05, 0.1) is 9.83 Å². The molecule has 2 N–H and O–H groups in total. The Hall–Kier alpha value is -2.46. The number of thioether (sulfide) groups is 1. The summed E-state index contributed by atoms with van der Waals surface area (Å²) in [4.78, 5) is 36.0. The Morgan fingerprint density at radius 1 is 1.25 bits per heavy atom. The maximum absolute atomic E-state index is 12.7. The summed E-state index contributed by atoms with van der Waals surface area (Å²) < 4.78 is 0.106. The van der Waals surface area contributed by atoms with Gasteiger partial charge in [-0.1, -0.05) is 24.0 Å². The van der Waals surface area contributed by atoms with Crippen LogP contribution in [0.5, 0.6) is 5.75 Å². The molecule has 1 aliphatic heterocycles. The van der Waals surface area contributed by atoms with Crippen LogP contribution in [0, 0.1) is 27.9 Å². The summed E-state index contributed by atoms with van der Waals surface area (Å²) in [5, 5.41) is 31.4. The summed E-state index contributed by atoms with van der Waals surface area (Å²) in [6, 6.07) is 3.29. The molecule has 0 atom stereocenters. The van der Waals surface area contributed by atoms with Gasteiger partial charge in [0.1, 0.15) is 10.9 Å². The van der Waals surface area contributed by atoms with E-state index in [1.54, 1.807) is 6.07 Å². The summed E-state index contributed by atoms with van der Waals surface area (Å²) in [6.07, 6.45) is 8.10. The van der Waals surface area contributed by atoms with Gasteiger partial charge in [-0.3, -0.25) is 24.6 Å². The molecule has 0 unspecified atom stereocenters. The monoisotopic (exact) mass is 474 g/mol. The van der Waals surface area contributed by atoms with Crippen LogP contribution in [0.4, 0.5) is 5.69 Å². The van der Waals surface area contributed by atoms with E-state index in [-0.39, 0.29) is 25.9 Å². The van der Waals surface area contributed by atoms with Crippen molar-refractivity contribution in [2.45, 2.75) is 43.9 Å². The van der Waals surface area contributed by atoms with Gasteiger partial charge in [0.2, 0.25) is 5.75 Å². The normalized spacial score (nSPS) is 32.2. The second-order valence-corrected chi connectivity index (χ2v) is 11.2. The van der Waals surface area contributed by atoms with Crippen molar-refractivity contribution in [2.75, 3.05) is 6.54 Å². The lowest BCUT2D eigenvalue weighted by molar-refractivity contribution is -0.386. The quantitative estimate of drug-likeness (QED) is 0.284. The van der Waals surface area contributed by atoms with Crippen LogP contribution in [0.1, 0.15) is 49.7 Å². The number of nitro groups is 1. The molecule has 32 heavy (non-hydrogen) atoms. The number of hydrogen-bond donors (Lipinski definition) is 2. The van der Waals surface area contributed by atoms with E-state index < -0.39 is 29.1 Å². The van der Waals surface area contributed by atoms with Gasteiger partial charge >= 0.3 is 11.7 Å². The van der Waals surface area contributed by atoms with Gasteiger partial charge in [-0.05, 0) is 79.4 Å². The van der Waals surface area contributed by atoms with Crippen molar-refractivity contribution in [2.24, 2.45) is 17.8 Å². The lowest BCUT2D eigenvalue weighted by Gasteiger charge is -2.57. The molecular formula is C22H22N2O6S2. The first-order valence-corrected chi connectivity index (χ1v) is 11.9. The molecule has 4 saturated carbocycles. The van der Waals surface area contributed by atoms with Crippen LogP contribution in [0.2, 0.25) is 0 Å². The number of carbonyl (C=O) groups is 2. The molecule has 0 aromatic heterocycles. The number of benzene rings is 1. The SMILES string of the molecule is O=C(O)CN1C(=O)C(=Cc2cc(C34CC5CC(CC(C5)C3)C4)cc([N+](=O)[O-])c2O)SC1=S. The van der Waals surface area contributed by atoms with Crippen LogP contribution >= 0.6 is 24.0 Å². The summed E-state index contributed by atoms with van der Waals surface area (Å²) in [6.45, 7) is -0.554. The molecule has 0 radical (unpaired) electrons. The third kappa shape index (κ3) is 3.49. The number of aromatic hydroxyl groups is 1. The van der Waals surface area contributed by atoms with Crippen LogP contribution in [0.3, 0.4) is 0 Å². The van der Waals surface area contributed by atoms with Gasteiger partial charge in [0, 0.05) is 11.6 Å². The fourth-order valence-electron chi connectivity index (χ4n) is 6.57. The van der Waals surface area contributed by atoms with Gasteiger partial charge in [-0.15, -0.1) is 0 Å². The average Bonchev–Trinajstić information content (AvgIpc) is 2.95. The van der Waals surface area contributed by atoms with Gasteiger partial charge in [-0.25, -0.2) is 0 Å². The largest absolute Gasteiger partial charge is 0.502 e. The second kappa shape index (κ2) is 7.55. The molecule has 1 aromatic carbocycles. The van der Waals surface area contributed by atoms with Crippen molar-refractivity contribution in [1.82, 2.24) is 4.90 Å². The zero-order valence-corrected chi connectivity index (χ0v) is 18.8. The number of nitrogens with zero attached hydrogens (tertiary/aromatic N) is 2. The van der Waals surface area contributed by atoms with E-state index in [1.165, 1.54) is 31.4 Å². The van der Waals surface area contributed by atoms with Crippen molar-refractivity contribution in [3.63, 3.8) is 0 Å². The molecule has 10 heteroatoms. The molecule has 4 aliphatic carbocycles. The fourth-order valence-corrected chi connectivity index (χ4v) is 7.82. The van der Waals surface area contributed by atoms with Crippen LogP contribution in [0.15, 0.2) is 17.0 Å². The number of phenols is 1. The van der Waals surface area contributed by atoms with Crippen molar-refractivity contribution < 1.29 is 24.7 Å². The number of hydrogen-bond acceptors (Lipinski definition) is 7. The predicted molar refractivity (Wildman–Crippen MR) is 122 cm³/mol. The van der Waals surface area contributed by atoms with Crippen LogP contribution < -0.4 is 0 Å². The van der Waals surface area contributed by atoms with Gasteiger partial charge in [0.25, 0.3) is 5.91 Å². The maximum atomic E-state index is 12.7. The van der Waals surface area contributed by atoms with E-state index in [2.05, 4.69) is 0 Å². The first-order chi connectivity index (χ1) is 15.1. The third-order valence-electron chi connectivity index (χ3n) is 7.42. The molecule has 5 fully saturated rings. The van der Waals surface area contributed by atoms with Crippen molar-refractivity contribution >= 4 is 51.9 Å². The number of amides is 1. The maximum Gasteiger partial charge on any atom is 0.323 e. The molecule has 5 aliphatic rings. The zero-order valence-electron chi connectivity index (χ0n) is 17.2. The molecule has 1 aromatic rings.